The highest BCUT2D eigenvalue weighted by Crippen LogP contribution is 2.17. The first kappa shape index (κ1) is 16.1. The summed E-state index contributed by atoms with van der Waals surface area (Å²) in [6, 6.07) is 7.05. The number of amides is 2. The highest BCUT2D eigenvalue weighted by atomic mass is 16.3. The molecule has 1 aliphatic rings. The van der Waals surface area contributed by atoms with Crippen molar-refractivity contribution in [1.82, 2.24) is 10.2 Å². The van der Waals surface area contributed by atoms with Crippen LogP contribution < -0.4 is 11.1 Å². The number of hydrogen-bond donors (Lipinski definition) is 2. The van der Waals surface area contributed by atoms with Crippen molar-refractivity contribution in [1.29, 1.82) is 0 Å². The van der Waals surface area contributed by atoms with Crippen molar-refractivity contribution in [3.63, 3.8) is 0 Å². The van der Waals surface area contributed by atoms with Gasteiger partial charge >= 0.3 is 0 Å². The van der Waals surface area contributed by atoms with Crippen molar-refractivity contribution < 1.29 is 14.0 Å². The van der Waals surface area contributed by atoms with Crippen LogP contribution in [0, 0.1) is 6.92 Å². The molecule has 0 aliphatic carbocycles. The molecule has 1 aliphatic heterocycles. The molecule has 24 heavy (non-hydrogen) atoms. The molecule has 3 N–H and O–H groups in total. The van der Waals surface area contributed by atoms with Gasteiger partial charge in [0.05, 0.1) is 11.8 Å². The lowest BCUT2D eigenvalue weighted by molar-refractivity contribution is 0.0697. The zero-order valence-corrected chi connectivity index (χ0v) is 13.6. The zero-order chi connectivity index (χ0) is 17.1. The third-order valence-corrected chi connectivity index (χ3v) is 4.39. The molecular formula is C18H21N3O3. The third kappa shape index (κ3) is 3.42. The largest absolute Gasteiger partial charge is 0.472 e. The second-order valence-corrected chi connectivity index (χ2v) is 6.13. The molecule has 0 radical (unpaired) electrons. The number of carbonyl (C=O) groups excluding carboxylic acids is 2. The van der Waals surface area contributed by atoms with Gasteiger partial charge in [-0.15, -0.1) is 0 Å². The average molecular weight is 327 g/mol. The van der Waals surface area contributed by atoms with Gasteiger partial charge < -0.3 is 20.4 Å². The fourth-order valence-electron chi connectivity index (χ4n) is 2.94. The van der Waals surface area contributed by atoms with E-state index >= 15 is 0 Å². The molecule has 6 heteroatoms. The molecule has 1 aromatic carbocycles. The van der Waals surface area contributed by atoms with Crippen molar-refractivity contribution in [3.05, 3.63) is 53.5 Å². The molecule has 1 aromatic heterocycles. The van der Waals surface area contributed by atoms with Gasteiger partial charge in [-0.3, -0.25) is 9.59 Å². The van der Waals surface area contributed by atoms with Gasteiger partial charge in [-0.05, 0) is 43.5 Å². The van der Waals surface area contributed by atoms with E-state index in [1.807, 2.05) is 13.0 Å². The van der Waals surface area contributed by atoms with Crippen LogP contribution in [0.25, 0.3) is 0 Å². The number of piperidine rings is 1. The fourth-order valence-corrected chi connectivity index (χ4v) is 2.94. The Kier molecular flexibility index (Phi) is 4.55. The number of aryl methyl sites for hydroxylation is 1. The number of benzene rings is 1. The van der Waals surface area contributed by atoms with E-state index in [4.69, 9.17) is 10.2 Å². The summed E-state index contributed by atoms with van der Waals surface area (Å²) in [4.78, 5) is 26.5. The van der Waals surface area contributed by atoms with Crippen LogP contribution in [-0.4, -0.2) is 35.8 Å². The van der Waals surface area contributed by atoms with E-state index in [0.29, 0.717) is 29.9 Å². The smallest absolute Gasteiger partial charge is 0.257 e. The number of hydrogen-bond acceptors (Lipinski definition) is 4. The summed E-state index contributed by atoms with van der Waals surface area (Å²) < 4.78 is 4.96. The Labute approximate surface area is 140 Å². The molecule has 0 bridgehead atoms. The van der Waals surface area contributed by atoms with Gasteiger partial charge in [0.15, 0.2) is 0 Å². The quantitative estimate of drug-likeness (QED) is 0.846. The number of likely N-dealkylation sites (tertiary alicyclic amines) is 1. The summed E-state index contributed by atoms with van der Waals surface area (Å²) in [5.41, 5.74) is 8.40. The lowest BCUT2D eigenvalue weighted by Gasteiger charge is -2.32. The van der Waals surface area contributed by atoms with Crippen LogP contribution in [0.1, 0.15) is 39.1 Å². The predicted octanol–water partition coefficient (Wildman–Crippen LogP) is 2.20. The second kappa shape index (κ2) is 6.78. The van der Waals surface area contributed by atoms with E-state index in [1.54, 1.807) is 23.1 Å². The van der Waals surface area contributed by atoms with E-state index < -0.39 is 0 Å². The normalized spacial score (nSPS) is 15.3. The van der Waals surface area contributed by atoms with Crippen molar-refractivity contribution in [2.24, 2.45) is 0 Å². The number of carbonyl (C=O) groups is 2. The summed E-state index contributed by atoms with van der Waals surface area (Å²) in [5.74, 6) is -0.139. The van der Waals surface area contributed by atoms with Crippen molar-refractivity contribution >= 4 is 17.5 Å². The number of nitrogen functional groups attached to an aromatic ring is 1. The van der Waals surface area contributed by atoms with E-state index in [2.05, 4.69) is 5.32 Å². The van der Waals surface area contributed by atoms with Crippen LogP contribution in [0.5, 0.6) is 0 Å². The van der Waals surface area contributed by atoms with Crippen molar-refractivity contribution in [2.75, 3.05) is 18.8 Å². The SMILES string of the molecule is Cc1ccc(N)cc1C(=O)NC1CCN(C(=O)c2ccoc2)CC1. The Hall–Kier alpha value is -2.76. The Balaban J connectivity index is 1.56. The lowest BCUT2D eigenvalue weighted by atomic mass is 10.0. The summed E-state index contributed by atoms with van der Waals surface area (Å²) in [6.45, 7) is 3.12. The first-order chi connectivity index (χ1) is 11.5. The third-order valence-electron chi connectivity index (χ3n) is 4.39. The Morgan fingerprint density at radius 3 is 2.67 bits per heavy atom. The van der Waals surface area contributed by atoms with Crippen LogP contribution in [-0.2, 0) is 0 Å². The van der Waals surface area contributed by atoms with Gasteiger partial charge in [-0.1, -0.05) is 6.07 Å². The van der Waals surface area contributed by atoms with E-state index in [0.717, 1.165) is 18.4 Å². The molecule has 2 heterocycles. The molecule has 0 unspecified atom stereocenters. The molecule has 3 rings (SSSR count). The van der Waals surface area contributed by atoms with Gasteiger partial charge in [-0.2, -0.15) is 0 Å². The number of rotatable bonds is 3. The highest BCUT2D eigenvalue weighted by Gasteiger charge is 2.25. The molecule has 1 saturated heterocycles. The number of nitrogens with zero attached hydrogens (tertiary/aromatic N) is 1. The Morgan fingerprint density at radius 1 is 1.25 bits per heavy atom. The van der Waals surface area contributed by atoms with Crippen LogP contribution in [0.4, 0.5) is 5.69 Å². The van der Waals surface area contributed by atoms with Gasteiger partial charge in [0.1, 0.15) is 6.26 Å². The molecule has 0 atom stereocenters. The van der Waals surface area contributed by atoms with Crippen LogP contribution in [0.15, 0.2) is 41.2 Å². The van der Waals surface area contributed by atoms with Gasteiger partial charge in [0, 0.05) is 30.4 Å². The van der Waals surface area contributed by atoms with Gasteiger partial charge in [-0.25, -0.2) is 0 Å². The second-order valence-electron chi connectivity index (χ2n) is 6.13. The first-order valence-corrected chi connectivity index (χ1v) is 8.03. The number of anilines is 1. The highest BCUT2D eigenvalue weighted by molar-refractivity contribution is 5.96. The fraction of sp³-hybridized carbons (Fsp3) is 0.333. The maximum Gasteiger partial charge on any atom is 0.257 e. The zero-order valence-electron chi connectivity index (χ0n) is 13.6. The van der Waals surface area contributed by atoms with E-state index in [-0.39, 0.29) is 17.9 Å². The minimum absolute atomic E-state index is 0.0276. The Bertz CT molecular complexity index is 732. The monoisotopic (exact) mass is 327 g/mol. The molecule has 0 spiro atoms. The van der Waals surface area contributed by atoms with Crippen LogP contribution >= 0.6 is 0 Å². The van der Waals surface area contributed by atoms with E-state index in [9.17, 15) is 9.59 Å². The molecule has 0 saturated carbocycles. The topological polar surface area (TPSA) is 88.6 Å². The Morgan fingerprint density at radius 2 is 2.00 bits per heavy atom. The number of nitrogens with one attached hydrogen (secondary N) is 1. The van der Waals surface area contributed by atoms with E-state index in [1.165, 1.54) is 12.5 Å². The lowest BCUT2D eigenvalue weighted by Crippen LogP contribution is -2.46. The summed E-state index contributed by atoms with van der Waals surface area (Å²) in [5, 5.41) is 3.05. The van der Waals surface area contributed by atoms with Crippen molar-refractivity contribution in [2.45, 2.75) is 25.8 Å². The molecular weight excluding hydrogens is 306 g/mol. The number of furan rings is 1. The molecule has 2 aromatic rings. The van der Waals surface area contributed by atoms with Crippen molar-refractivity contribution in [3.8, 4) is 0 Å². The summed E-state index contributed by atoms with van der Waals surface area (Å²) in [6.07, 6.45) is 4.42. The molecule has 6 nitrogen and oxygen atoms in total. The standard InChI is InChI=1S/C18H21N3O3/c1-12-2-3-14(19)10-16(12)17(22)20-15-4-7-21(8-5-15)18(23)13-6-9-24-11-13/h2-3,6,9-11,15H,4-5,7-8,19H2,1H3,(H,20,22). The predicted molar refractivity (Wildman–Crippen MR) is 90.7 cm³/mol. The first-order valence-electron chi connectivity index (χ1n) is 8.03. The maximum absolute atomic E-state index is 12.4. The molecule has 2 amide bonds. The van der Waals surface area contributed by atoms with Crippen LogP contribution in [0.3, 0.4) is 0 Å². The van der Waals surface area contributed by atoms with Crippen LogP contribution in [0.2, 0.25) is 0 Å². The number of nitrogens with two attached hydrogens (primary N) is 1. The average Bonchev–Trinajstić information content (AvgIpc) is 3.11. The molecule has 126 valence electrons. The molecule has 1 fully saturated rings. The maximum atomic E-state index is 12.4. The van der Waals surface area contributed by atoms with Gasteiger partial charge in [0.25, 0.3) is 11.8 Å². The minimum atomic E-state index is -0.112. The summed E-state index contributed by atoms with van der Waals surface area (Å²) >= 11 is 0. The summed E-state index contributed by atoms with van der Waals surface area (Å²) in [7, 11) is 0. The minimum Gasteiger partial charge on any atom is -0.472 e. The van der Waals surface area contributed by atoms with Gasteiger partial charge in [0.2, 0.25) is 0 Å².